The second-order valence-corrected chi connectivity index (χ2v) is 8.02. The van der Waals surface area contributed by atoms with E-state index in [2.05, 4.69) is 30.2 Å². The van der Waals surface area contributed by atoms with Crippen molar-refractivity contribution in [3.8, 4) is 0 Å². The molecule has 0 radical (unpaired) electrons. The molecule has 0 aliphatic carbocycles. The van der Waals surface area contributed by atoms with Gasteiger partial charge < -0.3 is 10.2 Å². The van der Waals surface area contributed by atoms with Crippen LogP contribution in [-0.2, 0) is 6.54 Å². The summed E-state index contributed by atoms with van der Waals surface area (Å²) in [6.07, 6.45) is 3.43. The average Bonchev–Trinajstić information content (AvgIpc) is 2.72. The van der Waals surface area contributed by atoms with Crippen molar-refractivity contribution in [1.82, 2.24) is 25.3 Å². The van der Waals surface area contributed by atoms with E-state index in [-0.39, 0.29) is 11.7 Å². The number of nitrogens with zero attached hydrogens (tertiary/aromatic N) is 5. The van der Waals surface area contributed by atoms with Gasteiger partial charge in [-0.1, -0.05) is 6.07 Å². The molecule has 1 saturated heterocycles. The third kappa shape index (κ3) is 3.91. The first-order valence-corrected chi connectivity index (χ1v) is 10.4. The van der Waals surface area contributed by atoms with Crippen molar-refractivity contribution in [1.29, 1.82) is 0 Å². The van der Waals surface area contributed by atoms with Crippen molar-refractivity contribution in [2.45, 2.75) is 20.4 Å². The molecule has 4 heterocycles. The van der Waals surface area contributed by atoms with E-state index in [1.807, 2.05) is 43.8 Å². The lowest BCUT2D eigenvalue weighted by molar-refractivity contribution is 0.0941. The van der Waals surface area contributed by atoms with Crippen molar-refractivity contribution in [3.05, 3.63) is 53.2 Å². The zero-order chi connectivity index (χ0) is 19.5. The molecule has 1 aliphatic rings. The minimum absolute atomic E-state index is 0.155. The summed E-state index contributed by atoms with van der Waals surface area (Å²) < 4.78 is 0. The largest absolute Gasteiger partial charge is 0.354 e. The summed E-state index contributed by atoms with van der Waals surface area (Å²) in [7, 11) is 0. The topological polar surface area (TPSA) is 83.9 Å². The van der Waals surface area contributed by atoms with Gasteiger partial charge >= 0.3 is 0 Å². The van der Waals surface area contributed by atoms with Gasteiger partial charge in [-0.2, -0.15) is 11.8 Å². The van der Waals surface area contributed by atoms with Gasteiger partial charge in [-0.15, -0.1) is 0 Å². The Morgan fingerprint density at radius 1 is 1.21 bits per heavy atom. The zero-order valence-corrected chi connectivity index (χ0v) is 16.8. The molecule has 0 aromatic carbocycles. The number of pyridine rings is 2. The van der Waals surface area contributed by atoms with Crippen LogP contribution < -0.4 is 10.2 Å². The highest BCUT2D eigenvalue weighted by molar-refractivity contribution is 7.99. The Labute approximate surface area is 168 Å². The van der Waals surface area contributed by atoms with Gasteiger partial charge in [0.1, 0.15) is 5.82 Å². The van der Waals surface area contributed by atoms with E-state index < -0.39 is 0 Å². The standard InChI is InChI=1S/C20H22N6OS/c1-13-10-14(2)23-17-16(13)19(26-6-8-28-9-7-26)25-18(24-17)20(27)22-12-15-4-3-5-21-11-15/h3-5,10-11H,6-9,12H2,1-2H3,(H,22,27). The molecular formula is C20H22N6OS. The Balaban J connectivity index is 1.70. The number of aryl methyl sites for hydroxylation is 2. The molecule has 7 nitrogen and oxygen atoms in total. The van der Waals surface area contributed by atoms with Gasteiger partial charge in [0.05, 0.1) is 5.39 Å². The molecule has 1 aliphatic heterocycles. The van der Waals surface area contributed by atoms with Crippen molar-refractivity contribution >= 4 is 34.5 Å². The fourth-order valence-electron chi connectivity index (χ4n) is 3.33. The highest BCUT2D eigenvalue weighted by atomic mass is 32.2. The van der Waals surface area contributed by atoms with Crippen molar-refractivity contribution in [2.75, 3.05) is 29.5 Å². The Bertz CT molecular complexity index is 1000. The number of nitrogens with one attached hydrogen (secondary N) is 1. The van der Waals surface area contributed by atoms with E-state index in [9.17, 15) is 4.79 Å². The number of fused-ring (bicyclic) bond motifs is 1. The number of hydrogen-bond acceptors (Lipinski definition) is 7. The van der Waals surface area contributed by atoms with E-state index in [1.165, 1.54) is 0 Å². The number of amides is 1. The molecule has 0 unspecified atom stereocenters. The molecule has 0 spiro atoms. The highest BCUT2D eigenvalue weighted by Gasteiger charge is 2.22. The predicted molar refractivity (Wildman–Crippen MR) is 112 cm³/mol. The minimum Gasteiger partial charge on any atom is -0.354 e. The summed E-state index contributed by atoms with van der Waals surface area (Å²) in [5.74, 6) is 2.75. The molecule has 1 N–H and O–H groups in total. The molecule has 0 atom stereocenters. The second kappa shape index (κ2) is 8.10. The summed E-state index contributed by atoms with van der Waals surface area (Å²) in [6, 6.07) is 5.80. The monoisotopic (exact) mass is 394 g/mol. The van der Waals surface area contributed by atoms with Crippen LogP contribution >= 0.6 is 11.8 Å². The number of thioether (sulfide) groups is 1. The summed E-state index contributed by atoms with van der Waals surface area (Å²) in [4.78, 5) is 32.8. The third-order valence-electron chi connectivity index (χ3n) is 4.66. The lowest BCUT2D eigenvalue weighted by atomic mass is 10.1. The molecule has 8 heteroatoms. The lowest BCUT2D eigenvalue weighted by Crippen LogP contribution is -2.34. The van der Waals surface area contributed by atoms with Crippen molar-refractivity contribution < 1.29 is 4.79 Å². The van der Waals surface area contributed by atoms with Crippen LogP contribution in [0.15, 0.2) is 30.6 Å². The summed E-state index contributed by atoms with van der Waals surface area (Å²) in [5, 5.41) is 3.82. The maximum absolute atomic E-state index is 12.8. The Kier molecular flexibility index (Phi) is 5.38. The van der Waals surface area contributed by atoms with Gasteiger partial charge in [0.2, 0.25) is 5.82 Å². The number of rotatable bonds is 4. The van der Waals surface area contributed by atoms with E-state index >= 15 is 0 Å². The van der Waals surface area contributed by atoms with Gasteiger partial charge in [0.25, 0.3) is 5.91 Å². The molecule has 3 aromatic heterocycles. The third-order valence-corrected chi connectivity index (χ3v) is 5.60. The van der Waals surface area contributed by atoms with E-state index in [0.717, 1.165) is 52.6 Å². The first kappa shape index (κ1) is 18.6. The summed E-state index contributed by atoms with van der Waals surface area (Å²) in [5.41, 5.74) is 3.46. The smallest absolute Gasteiger partial charge is 0.289 e. The van der Waals surface area contributed by atoms with Gasteiger partial charge in [-0.05, 0) is 37.1 Å². The zero-order valence-electron chi connectivity index (χ0n) is 16.0. The molecular weight excluding hydrogens is 372 g/mol. The van der Waals surface area contributed by atoms with Crippen LogP contribution in [-0.4, -0.2) is 50.4 Å². The average molecular weight is 395 g/mol. The lowest BCUT2D eigenvalue weighted by Gasteiger charge is -2.28. The summed E-state index contributed by atoms with van der Waals surface area (Å²) in [6.45, 7) is 6.17. The normalized spacial score (nSPS) is 14.3. The van der Waals surface area contributed by atoms with E-state index in [4.69, 9.17) is 0 Å². The fourth-order valence-corrected chi connectivity index (χ4v) is 4.23. The second-order valence-electron chi connectivity index (χ2n) is 6.79. The number of carbonyl (C=O) groups excluding carboxylic acids is 1. The van der Waals surface area contributed by atoms with Gasteiger partial charge in [0.15, 0.2) is 5.65 Å². The van der Waals surface area contributed by atoms with Crippen molar-refractivity contribution in [3.63, 3.8) is 0 Å². The molecule has 1 amide bonds. The molecule has 28 heavy (non-hydrogen) atoms. The van der Waals surface area contributed by atoms with Crippen LogP contribution in [0.25, 0.3) is 11.0 Å². The van der Waals surface area contributed by atoms with Crippen LogP contribution in [0.1, 0.15) is 27.4 Å². The Morgan fingerprint density at radius 2 is 2.04 bits per heavy atom. The molecule has 144 valence electrons. The molecule has 0 saturated carbocycles. The maximum Gasteiger partial charge on any atom is 0.289 e. The van der Waals surface area contributed by atoms with E-state index in [0.29, 0.717) is 12.2 Å². The van der Waals surface area contributed by atoms with Gasteiger partial charge in [0, 0.05) is 49.2 Å². The fraction of sp³-hybridized carbons (Fsp3) is 0.350. The predicted octanol–water partition coefficient (Wildman–Crippen LogP) is 2.52. The molecule has 0 bridgehead atoms. The Hall–Kier alpha value is -2.74. The molecule has 3 aromatic rings. The first-order valence-electron chi connectivity index (χ1n) is 9.27. The van der Waals surface area contributed by atoms with Crippen LogP contribution in [0, 0.1) is 13.8 Å². The quantitative estimate of drug-likeness (QED) is 0.728. The Morgan fingerprint density at radius 3 is 2.79 bits per heavy atom. The highest BCUT2D eigenvalue weighted by Crippen LogP contribution is 2.28. The molecule has 4 rings (SSSR count). The van der Waals surface area contributed by atoms with Crippen molar-refractivity contribution in [2.24, 2.45) is 0 Å². The molecule has 1 fully saturated rings. The SMILES string of the molecule is Cc1cc(C)c2c(N3CCSCC3)nc(C(=O)NCc3cccnc3)nc2n1. The number of hydrogen-bond donors (Lipinski definition) is 1. The van der Waals surface area contributed by atoms with Gasteiger partial charge in [-0.3, -0.25) is 9.78 Å². The van der Waals surface area contributed by atoms with Crippen LogP contribution in [0.3, 0.4) is 0 Å². The minimum atomic E-state index is -0.306. The summed E-state index contributed by atoms with van der Waals surface area (Å²) >= 11 is 1.94. The van der Waals surface area contributed by atoms with E-state index in [1.54, 1.807) is 12.4 Å². The van der Waals surface area contributed by atoms with Crippen LogP contribution in [0.2, 0.25) is 0 Å². The van der Waals surface area contributed by atoms with Gasteiger partial charge in [-0.25, -0.2) is 15.0 Å². The first-order chi connectivity index (χ1) is 13.6. The van der Waals surface area contributed by atoms with Crippen LogP contribution in [0.4, 0.5) is 5.82 Å². The van der Waals surface area contributed by atoms with Crippen LogP contribution in [0.5, 0.6) is 0 Å². The number of carbonyl (C=O) groups is 1. The number of aromatic nitrogens is 4. The number of anilines is 1. The maximum atomic E-state index is 12.8.